The average molecular weight is 340 g/mol. The highest BCUT2D eigenvalue weighted by molar-refractivity contribution is 9.10. The van der Waals surface area contributed by atoms with Crippen molar-refractivity contribution in [2.24, 2.45) is 7.05 Å². The Kier molecular flexibility index (Phi) is 3.21. The number of nitrogen functional groups attached to an aromatic ring is 1. The van der Waals surface area contributed by atoms with Crippen molar-refractivity contribution in [1.82, 2.24) is 9.78 Å². The first-order valence-electron chi connectivity index (χ1n) is 6.07. The zero-order valence-electron chi connectivity index (χ0n) is 11.1. The van der Waals surface area contributed by atoms with Crippen LogP contribution in [-0.4, -0.2) is 30.1 Å². The number of benzene rings is 1. The van der Waals surface area contributed by atoms with Crippen LogP contribution in [0.25, 0.3) is 11.3 Å². The van der Waals surface area contributed by atoms with Gasteiger partial charge >= 0.3 is 0 Å². The molecule has 20 heavy (non-hydrogen) atoms. The largest absolute Gasteiger partial charge is 0.495 e. The van der Waals surface area contributed by atoms with Gasteiger partial charge in [-0.3, -0.25) is 4.68 Å². The predicted octanol–water partition coefficient (Wildman–Crippen LogP) is 2.21. The maximum atomic E-state index is 5.84. The highest BCUT2D eigenvalue weighted by Gasteiger charge is 2.24. The molecule has 0 aliphatic carbocycles. The quantitative estimate of drug-likeness (QED) is 0.908. The Bertz CT molecular complexity index is 650. The van der Waals surface area contributed by atoms with E-state index in [1.807, 2.05) is 6.07 Å². The van der Waals surface area contributed by atoms with Crippen LogP contribution in [0.2, 0.25) is 0 Å². The maximum Gasteiger partial charge on any atom is 0.179 e. The fourth-order valence-electron chi connectivity index (χ4n) is 2.13. The van der Waals surface area contributed by atoms with Crippen LogP contribution in [0.1, 0.15) is 0 Å². The maximum absolute atomic E-state index is 5.84. The third-order valence-electron chi connectivity index (χ3n) is 3.13. The third kappa shape index (κ3) is 1.98. The van der Waals surface area contributed by atoms with E-state index >= 15 is 0 Å². The molecule has 0 unspecified atom stereocenters. The lowest BCUT2D eigenvalue weighted by molar-refractivity contribution is 0.169. The van der Waals surface area contributed by atoms with E-state index in [0.29, 0.717) is 36.3 Å². The Balaban J connectivity index is 2.21. The van der Waals surface area contributed by atoms with Gasteiger partial charge in [-0.15, -0.1) is 0 Å². The van der Waals surface area contributed by atoms with Crippen molar-refractivity contribution < 1.29 is 14.2 Å². The molecule has 6 nitrogen and oxygen atoms in total. The fourth-order valence-corrected chi connectivity index (χ4v) is 2.82. The van der Waals surface area contributed by atoms with Crippen molar-refractivity contribution in [2.75, 3.05) is 26.1 Å². The monoisotopic (exact) mass is 339 g/mol. The number of rotatable bonds is 2. The second-order valence-corrected chi connectivity index (χ2v) is 5.17. The molecule has 2 aromatic rings. The lowest BCUT2D eigenvalue weighted by Gasteiger charge is -2.22. The summed E-state index contributed by atoms with van der Waals surface area (Å²) in [5, 5.41) is 4.37. The van der Waals surface area contributed by atoms with Crippen LogP contribution in [0, 0.1) is 0 Å². The SMILES string of the molecule is COc1c(-c2cc(N)n(C)n2)cc2c(c1Br)OCCO2. The van der Waals surface area contributed by atoms with Crippen molar-refractivity contribution in [3.05, 3.63) is 16.6 Å². The van der Waals surface area contributed by atoms with Crippen molar-refractivity contribution in [1.29, 1.82) is 0 Å². The zero-order chi connectivity index (χ0) is 14.3. The summed E-state index contributed by atoms with van der Waals surface area (Å²) in [5.41, 5.74) is 7.36. The summed E-state index contributed by atoms with van der Waals surface area (Å²) >= 11 is 3.50. The molecule has 0 fully saturated rings. The molecule has 0 atom stereocenters. The van der Waals surface area contributed by atoms with E-state index in [9.17, 15) is 0 Å². The predicted molar refractivity (Wildman–Crippen MR) is 78.3 cm³/mol. The molecule has 3 rings (SSSR count). The van der Waals surface area contributed by atoms with Gasteiger partial charge in [0.2, 0.25) is 0 Å². The van der Waals surface area contributed by atoms with Gasteiger partial charge in [0.1, 0.15) is 29.3 Å². The average Bonchev–Trinajstić information content (AvgIpc) is 2.78. The molecule has 0 amide bonds. The van der Waals surface area contributed by atoms with Crippen molar-refractivity contribution in [2.45, 2.75) is 0 Å². The number of methoxy groups -OCH3 is 1. The van der Waals surface area contributed by atoms with Crippen molar-refractivity contribution in [3.8, 4) is 28.5 Å². The molecular weight excluding hydrogens is 326 g/mol. The van der Waals surface area contributed by atoms with E-state index in [-0.39, 0.29) is 0 Å². The number of hydrogen-bond donors (Lipinski definition) is 1. The Morgan fingerprint density at radius 2 is 2.10 bits per heavy atom. The first kappa shape index (κ1) is 13.1. The van der Waals surface area contributed by atoms with Gasteiger partial charge in [-0.1, -0.05) is 0 Å². The Labute approximate surface area is 124 Å². The minimum absolute atomic E-state index is 0.518. The molecule has 0 spiro atoms. The van der Waals surface area contributed by atoms with Crippen LogP contribution in [0.4, 0.5) is 5.82 Å². The summed E-state index contributed by atoms with van der Waals surface area (Å²) < 4.78 is 19.0. The van der Waals surface area contributed by atoms with Gasteiger partial charge in [-0.05, 0) is 22.0 Å². The minimum atomic E-state index is 0.518. The molecule has 0 saturated carbocycles. The van der Waals surface area contributed by atoms with Crippen LogP contribution in [0.3, 0.4) is 0 Å². The van der Waals surface area contributed by atoms with Crippen molar-refractivity contribution in [3.63, 3.8) is 0 Å². The fraction of sp³-hybridized carbons (Fsp3) is 0.308. The van der Waals surface area contributed by atoms with Crippen LogP contribution in [-0.2, 0) is 7.05 Å². The molecule has 106 valence electrons. The Hall–Kier alpha value is -1.89. The number of fused-ring (bicyclic) bond motifs is 1. The Morgan fingerprint density at radius 1 is 1.35 bits per heavy atom. The number of nitrogens with two attached hydrogens (primary N) is 1. The smallest absolute Gasteiger partial charge is 0.179 e. The van der Waals surface area contributed by atoms with Crippen LogP contribution in [0.5, 0.6) is 17.2 Å². The number of hydrogen-bond acceptors (Lipinski definition) is 5. The number of ether oxygens (including phenoxy) is 3. The molecule has 1 aliphatic heterocycles. The number of halogens is 1. The van der Waals surface area contributed by atoms with Gasteiger partial charge in [0, 0.05) is 18.7 Å². The molecule has 7 heteroatoms. The van der Waals surface area contributed by atoms with Crippen LogP contribution in [0.15, 0.2) is 16.6 Å². The van der Waals surface area contributed by atoms with Crippen molar-refractivity contribution >= 4 is 21.7 Å². The minimum Gasteiger partial charge on any atom is -0.495 e. The number of aromatic nitrogens is 2. The van der Waals surface area contributed by atoms with Gasteiger partial charge in [-0.25, -0.2) is 0 Å². The summed E-state index contributed by atoms with van der Waals surface area (Å²) in [6.45, 7) is 1.04. The Morgan fingerprint density at radius 3 is 2.75 bits per heavy atom. The van der Waals surface area contributed by atoms with Crippen LogP contribution >= 0.6 is 15.9 Å². The first-order chi connectivity index (χ1) is 9.61. The second kappa shape index (κ2) is 4.90. The molecular formula is C13H14BrN3O3. The lowest BCUT2D eigenvalue weighted by Crippen LogP contribution is -2.16. The van der Waals surface area contributed by atoms with Gasteiger partial charge < -0.3 is 19.9 Å². The molecule has 1 aromatic carbocycles. The molecule has 0 radical (unpaired) electrons. The molecule has 2 N–H and O–H groups in total. The number of anilines is 1. The summed E-state index contributed by atoms with van der Waals surface area (Å²) in [5.74, 6) is 2.55. The molecule has 0 bridgehead atoms. The second-order valence-electron chi connectivity index (χ2n) is 4.37. The summed E-state index contributed by atoms with van der Waals surface area (Å²) in [4.78, 5) is 0. The van der Waals surface area contributed by atoms with E-state index in [4.69, 9.17) is 19.9 Å². The molecule has 0 saturated heterocycles. The summed E-state index contributed by atoms with van der Waals surface area (Å²) in [6, 6.07) is 3.65. The van der Waals surface area contributed by atoms with E-state index in [1.54, 1.807) is 24.9 Å². The van der Waals surface area contributed by atoms with E-state index in [0.717, 1.165) is 15.7 Å². The van der Waals surface area contributed by atoms with Gasteiger partial charge in [0.15, 0.2) is 11.5 Å². The normalized spacial score (nSPS) is 13.3. The highest BCUT2D eigenvalue weighted by atomic mass is 79.9. The van der Waals surface area contributed by atoms with Gasteiger partial charge in [0.25, 0.3) is 0 Å². The zero-order valence-corrected chi connectivity index (χ0v) is 12.7. The molecule has 1 aromatic heterocycles. The van der Waals surface area contributed by atoms with E-state index < -0.39 is 0 Å². The molecule has 1 aliphatic rings. The van der Waals surface area contributed by atoms with Gasteiger partial charge in [0.05, 0.1) is 12.8 Å². The standard InChI is InChI=1S/C13H14BrN3O3/c1-17-10(15)6-8(16-17)7-5-9-13(20-4-3-19-9)11(14)12(7)18-2/h5-6H,3-4,15H2,1-2H3. The van der Waals surface area contributed by atoms with Gasteiger partial charge in [-0.2, -0.15) is 5.10 Å². The topological polar surface area (TPSA) is 71.5 Å². The van der Waals surface area contributed by atoms with E-state index in [1.165, 1.54) is 0 Å². The first-order valence-corrected chi connectivity index (χ1v) is 6.87. The molecule has 2 heterocycles. The highest BCUT2D eigenvalue weighted by Crippen LogP contribution is 2.48. The third-order valence-corrected chi connectivity index (χ3v) is 3.85. The number of nitrogens with zero attached hydrogens (tertiary/aromatic N) is 2. The lowest BCUT2D eigenvalue weighted by atomic mass is 10.1. The van der Waals surface area contributed by atoms with Crippen LogP contribution < -0.4 is 19.9 Å². The van der Waals surface area contributed by atoms with E-state index in [2.05, 4.69) is 21.0 Å². The number of aryl methyl sites for hydroxylation is 1. The summed E-state index contributed by atoms with van der Waals surface area (Å²) in [7, 11) is 3.39. The summed E-state index contributed by atoms with van der Waals surface area (Å²) in [6.07, 6.45) is 0.